The van der Waals surface area contributed by atoms with Crippen LogP contribution >= 0.6 is 0 Å². The Morgan fingerprint density at radius 2 is 1.43 bits per heavy atom. The number of hydrazine groups is 1. The maximum absolute atomic E-state index is 13.5. The molecule has 1 N–H and O–H groups in total. The van der Waals surface area contributed by atoms with Gasteiger partial charge < -0.3 is 19.9 Å². The number of nitrogens with zero attached hydrogens (tertiary/aromatic N) is 5. The summed E-state index contributed by atoms with van der Waals surface area (Å²) in [5, 5.41) is 6.58. The van der Waals surface area contributed by atoms with Crippen molar-refractivity contribution in [1.82, 2.24) is 25.0 Å². The Morgan fingerprint density at radius 1 is 0.783 bits per heavy atom. The van der Waals surface area contributed by atoms with E-state index < -0.39 is 6.09 Å². The van der Waals surface area contributed by atoms with E-state index in [-0.39, 0.29) is 31.5 Å². The summed E-state index contributed by atoms with van der Waals surface area (Å²) in [6.07, 6.45) is 3.82. The van der Waals surface area contributed by atoms with Crippen LogP contribution in [0.1, 0.15) is 24.0 Å². The highest BCUT2D eigenvalue weighted by atomic mass is 16.6. The van der Waals surface area contributed by atoms with Gasteiger partial charge in [-0.3, -0.25) is 9.69 Å². The Balaban J connectivity index is 1.09. The lowest BCUT2D eigenvalue weighted by molar-refractivity contribution is -0.120. The van der Waals surface area contributed by atoms with Crippen LogP contribution in [0.3, 0.4) is 0 Å². The summed E-state index contributed by atoms with van der Waals surface area (Å²) >= 11 is 0. The van der Waals surface area contributed by atoms with Gasteiger partial charge in [-0.05, 0) is 42.0 Å². The van der Waals surface area contributed by atoms with Crippen molar-refractivity contribution in [3.05, 3.63) is 96.4 Å². The third-order valence-electron chi connectivity index (χ3n) is 8.32. The molecular formula is C36H45N6O4. The molecular weight excluding hydrogens is 580 g/mol. The minimum atomic E-state index is -0.458. The molecule has 3 aromatic carbocycles. The molecule has 2 heterocycles. The predicted octanol–water partition coefficient (Wildman–Crippen LogP) is 4.67. The molecule has 2 aliphatic heterocycles. The van der Waals surface area contributed by atoms with Crippen LogP contribution in [-0.4, -0.2) is 104 Å². The van der Waals surface area contributed by atoms with Gasteiger partial charge in [0.15, 0.2) is 0 Å². The van der Waals surface area contributed by atoms with Gasteiger partial charge in [0.05, 0.1) is 18.7 Å². The molecule has 243 valence electrons. The number of anilines is 1. The second-order valence-electron chi connectivity index (χ2n) is 11.9. The highest BCUT2D eigenvalue weighted by Gasteiger charge is 2.28. The van der Waals surface area contributed by atoms with Crippen molar-refractivity contribution in [3.8, 4) is 11.1 Å². The molecule has 0 bridgehead atoms. The van der Waals surface area contributed by atoms with E-state index in [2.05, 4.69) is 28.8 Å². The van der Waals surface area contributed by atoms with Gasteiger partial charge in [-0.1, -0.05) is 72.8 Å². The first kappa shape index (κ1) is 33.0. The van der Waals surface area contributed by atoms with Crippen molar-refractivity contribution in [2.45, 2.75) is 25.8 Å². The third kappa shape index (κ3) is 8.86. The summed E-state index contributed by atoms with van der Waals surface area (Å²) < 4.78 is 5.71. The van der Waals surface area contributed by atoms with Gasteiger partial charge in [-0.2, -0.15) is 0 Å². The molecule has 10 heteroatoms. The lowest BCUT2D eigenvalue weighted by atomic mass is 10.0. The minimum absolute atomic E-state index is 0.0587. The van der Waals surface area contributed by atoms with Crippen LogP contribution in [0.5, 0.6) is 0 Å². The van der Waals surface area contributed by atoms with Crippen molar-refractivity contribution in [3.63, 3.8) is 0 Å². The average molecular weight is 626 g/mol. The lowest BCUT2D eigenvalue weighted by Crippen LogP contribution is -2.51. The number of urea groups is 1. The molecule has 2 saturated heterocycles. The summed E-state index contributed by atoms with van der Waals surface area (Å²) in [5.74, 6) is -0.122. The van der Waals surface area contributed by atoms with Crippen LogP contribution in [0.4, 0.5) is 15.3 Å². The Hall–Kier alpha value is -4.41. The number of amides is 4. The van der Waals surface area contributed by atoms with Crippen LogP contribution in [-0.2, 0) is 22.5 Å². The predicted molar refractivity (Wildman–Crippen MR) is 180 cm³/mol. The number of piperazine rings is 1. The summed E-state index contributed by atoms with van der Waals surface area (Å²) in [6, 6.07) is 26.0. The minimum Gasteiger partial charge on any atom is -0.446 e. The number of piperidine rings is 1. The quantitative estimate of drug-likeness (QED) is 0.330. The normalized spacial score (nSPS) is 15.7. The van der Waals surface area contributed by atoms with E-state index in [1.807, 2.05) is 76.6 Å². The van der Waals surface area contributed by atoms with Crippen molar-refractivity contribution >= 4 is 23.7 Å². The summed E-state index contributed by atoms with van der Waals surface area (Å²) in [5.41, 5.74) is 4.84. The number of hydrogen-bond donors (Lipinski definition) is 1. The van der Waals surface area contributed by atoms with E-state index in [9.17, 15) is 14.4 Å². The first-order valence-corrected chi connectivity index (χ1v) is 16.1. The van der Waals surface area contributed by atoms with E-state index in [0.717, 1.165) is 81.0 Å². The molecule has 2 fully saturated rings. The maximum atomic E-state index is 13.5. The average Bonchev–Trinajstić information content (AvgIpc) is 3.09. The van der Waals surface area contributed by atoms with E-state index in [1.54, 1.807) is 24.0 Å². The first-order valence-electron chi connectivity index (χ1n) is 16.1. The van der Waals surface area contributed by atoms with E-state index in [0.29, 0.717) is 0 Å². The molecule has 4 amide bonds. The molecule has 2 aliphatic rings. The fraction of sp³-hybridized carbons (Fsp3) is 0.389. The van der Waals surface area contributed by atoms with Gasteiger partial charge in [-0.25, -0.2) is 19.6 Å². The highest BCUT2D eigenvalue weighted by molar-refractivity contribution is 5.93. The number of para-hydroxylation sites is 1. The second kappa shape index (κ2) is 16.2. The van der Waals surface area contributed by atoms with Crippen molar-refractivity contribution in [2.75, 3.05) is 71.5 Å². The van der Waals surface area contributed by atoms with Gasteiger partial charge in [0.25, 0.3) is 0 Å². The molecule has 1 radical (unpaired) electrons. The Kier molecular flexibility index (Phi) is 11.6. The van der Waals surface area contributed by atoms with Crippen LogP contribution < -0.4 is 10.3 Å². The van der Waals surface area contributed by atoms with Gasteiger partial charge in [0.2, 0.25) is 5.91 Å². The number of carbonyl (C=O) groups is 3. The van der Waals surface area contributed by atoms with Crippen LogP contribution in [0.2, 0.25) is 0 Å². The van der Waals surface area contributed by atoms with Gasteiger partial charge in [0, 0.05) is 65.5 Å². The zero-order valence-corrected chi connectivity index (χ0v) is 26.9. The van der Waals surface area contributed by atoms with Crippen molar-refractivity contribution in [2.24, 2.45) is 0 Å². The van der Waals surface area contributed by atoms with Gasteiger partial charge in [-0.15, -0.1) is 0 Å². The smallest absolute Gasteiger partial charge is 0.429 e. The SMILES string of the molecule is CN(C)C(=O)N1CCN(Cc2ccc(CC(=O)NCCOC(=O)N(c3ccccc3-c3ccccc3)N3CC[CH]CC3)cc2)CC1. The second-order valence-corrected chi connectivity index (χ2v) is 11.9. The molecule has 0 unspecified atom stereocenters. The zero-order valence-electron chi connectivity index (χ0n) is 26.9. The van der Waals surface area contributed by atoms with Crippen LogP contribution in [0.25, 0.3) is 11.1 Å². The number of rotatable bonds is 10. The monoisotopic (exact) mass is 625 g/mol. The van der Waals surface area contributed by atoms with Gasteiger partial charge >= 0.3 is 12.1 Å². The number of nitrogens with one attached hydrogen (secondary N) is 1. The molecule has 0 spiro atoms. The van der Waals surface area contributed by atoms with E-state index in [4.69, 9.17) is 4.74 Å². The third-order valence-corrected chi connectivity index (χ3v) is 8.32. The zero-order chi connectivity index (χ0) is 32.3. The van der Waals surface area contributed by atoms with Crippen molar-refractivity contribution < 1.29 is 19.1 Å². The molecule has 3 aromatic rings. The molecule has 5 rings (SSSR count). The number of benzene rings is 3. The van der Waals surface area contributed by atoms with E-state index >= 15 is 0 Å². The standard InChI is InChI=1S/C36H45N6O4/c1-38(2)35(44)40-24-22-39(23-25-40)28-30-17-15-29(16-18-30)27-34(43)37-19-26-46-36(45)42(41-20-9-4-10-21-41)33-14-8-7-13-32(33)31-11-5-3-6-12-31/h3-8,11-18H,9-10,19-28H2,1-2H3,(H,37,43). The lowest BCUT2D eigenvalue weighted by Gasteiger charge is -2.37. The summed E-state index contributed by atoms with van der Waals surface area (Å²) in [4.78, 5) is 44.2. The first-order chi connectivity index (χ1) is 22.4. The maximum Gasteiger partial charge on any atom is 0.429 e. The van der Waals surface area contributed by atoms with Gasteiger partial charge in [0.1, 0.15) is 6.61 Å². The molecule has 0 aliphatic carbocycles. The molecule has 0 saturated carbocycles. The molecule has 0 aromatic heterocycles. The molecule has 46 heavy (non-hydrogen) atoms. The molecule has 0 atom stereocenters. The highest BCUT2D eigenvalue weighted by Crippen LogP contribution is 2.33. The Labute approximate surface area is 272 Å². The summed E-state index contributed by atoms with van der Waals surface area (Å²) in [7, 11) is 3.56. The topological polar surface area (TPSA) is 88.7 Å². The number of carbonyl (C=O) groups excluding carboxylic acids is 3. The Bertz CT molecular complexity index is 1430. The largest absolute Gasteiger partial charge is 0.446 e. The molecule has 10 nitrogen and oxygen atoms in total. The van der Waals surface area contributed by atoms with Crippen molar-refractivity contribution in [1.29, 1.82) is 0 Å². The summed E-state index contributed by atoms with van der Waals surface area (Å²) in [6.45, 7) is 5.67. The van der Waals surface area contributed by atoms with Crippen LogP contribution in [0.15, 0.2) is 78.9 Å². The Morgan fingerprint density at radius 3 is 2.13 bits per heavy atom. The van der Waals surface area contributed by atoms with E-state index in [1.165, 1.54) is 5.56 Å². The van der Waals surface area contributed by atoms with Crippen LogP contribution in [0, 0.1) is 6.42 Å². The number of ether oxygens (including phenoxy) is 1. The fourth-order valence-corrected chi connectivity index (χ4v) is 5.86. The number of hydrogen-bond acceptors (Lipinski definition) is 6. The fourth-order valence-electron chi connectivity index (χ4n) is 5.86.